The lowest BCUT2D eigenvalue weighted by molar-refractivity contribution is -0.138. The second-order valence-electron chi connectivity index (χ2n) is 4.93. The number of hydrogen-bond donors (Lipinski definition) is 3. The van der Waals surface area contributed by atoms with Gasteiger partial charge in [0.05, 0.1) is 10.9 Å². The third kappa shape index (κ3) is 2.65. The molecule has 1 amide bonds. The van der Waals surface area contributed by atoms with Crippen molar-refractivity contribution >= 4 is 28.5 Å². The van der Waals surface area contributed by atoms with Gasteiger partial charge >= 0.3 is 5.97 Å². The molecule has 0 saturated heterocycles. The van der Waals surface area contributed by atoms with Crippen molar-refractivity contribution in [3.8, 4) is 0 Å². The molecule has 0 radical (unpaired) electrons. The Morgan fingerprint density at radius 3 is 2.68 bits per heavy atom. The van der Waals surface area contributed by atoms with Gasteiger partial charge in [0.1, 0.15) is 11.6 Å². The number of anilines is 1. The van der Waals surface area contributed by atoms with Gasteiger partial charge in [0.15, 0.2) is 0 Å². The van der Waals surface area contributed by atoms with Gasteiger partial charge in [-0.15, -0.1) is 0 Å². The molecule has 1 unspecified atom stereocenters. The van der Waals surface area contributed by atoms with Crippen molar-refractivity contribution in [2.75, 3.05) is 5.73 Å². The average Bonchev–Trinajstić information content (AvgIpc) is 2.47. The van der Waals surface area contributed by atoms with E-state index in [2.05, 4.69) is 5.32 Å². The van der Waals surface area contributed by atoms with Crippen LogP contribution in [0.25, 0.3) is 10.9 Å². The zero-order valence-corrected chi connectivity index (χ0v) is 12.3. The van der Waals surface area contributed by atoms with Crippen LogP contribution in [0.3, 0.4) is 0 Å². The fraction of sp³-hybridized carbons (Fsp3) is 0.267. The van der Waals surface area contributed by atoms with Crippen LogP contribution in [0, 0.1) is 0 Å². The normalized spacial score (nSPS) is 12.1. The highest BCUT2D eigenvalue weighted by Crippen LogP contribution is 2.18. The monoisotopic (exact) mass is 303 g/mol. The number of nitrogens with two attached hydrogens (primary N) is 1. The molecule has 0 bridgehead atoms. The SMILES string of the molecule is CCn1cc(C(=O)NC(C)C(=O)O)c(=O)c2c(N)cccc21. The lowest BCUT2D eigenvalue weighted by Crippen LogP contribution is -2.40. The van der Waals surface area contributed by atoms with Gasteiger partial charge < -0.3 is 20.7 Å². The second kappa shape index (κ2) is 5.88. The van der Waals surface area contributed by atoms with Gasteiger partial charge in [0.25, 0.3) is 5.91 Å². The lowest BCUT2D eigenvalue weighted by atomic mass is 10.1. The number of aliphatic carboxylic acids is 1. The molecule has 0 aliphatic rings. The third-order valence-electron chi connectivity index (χ3n) is 3.44. The number of carboxylic acids is 1. The number of nitrogen functional groups attached to an aromatic ring is 1. The summed E-state index contributed by atoms with van der Waals surface area (Å²) in [6, 6.07) is 3.98. The fourth-order valence-electron chi connectivity index (χ4n) is 2.22. The Balaban J connectivity index is 2.63. The average molecular weight is 303 g/mol. The van der Waals surface area contributed by atoms with E-state index >= 15 is 0 Å². The predicted molar refractivity (Wildman–Crippen MR) is 82.9 cm³/mol. The van der Waals surface area contributed by atoms with Gasteiger partial charge in [-0.05, 0) is 26.0 Å². The van der Waals surface area contributed by atoms with Gasteiger partial charge in [-0.1, -0.05) is 6.07 Å². The summed E-state index contributed by atoms with van der Waals surface area (Å²) in [6.07, 6.45) is 1.42. The maximum atomic E-state index is 12.5. The highest BCUT2D eigenvalue weighted by Gasteiger charge is 2.20. The van der Waals surface area contributed by atoms with E-state index in [0.717, 1.165) is 0 Å². The Morgan fingerprint density at radius 2 is 2.09 bits per heavy atom. The number of amides is 1. The van der Waals surface area contributed by atoms with Crippen LogP contribution in [-0.4, -0.2) is 27.6 Å². The van der Waals surface area contributed by atoms with Gasteiger partial charge in [-0.2, -0.15) is 0 Å². The van der Waals surface area contributed by atoms with E-state index in [-0.39, 0.29) is 16.6 Å². The molecule has 2 rings (SSSR count). The first-order valence-corrected chi connectivity index (χ1v) is 6.82. The molecular weight excluding hydrogens is 286 g/mol. The number of hydrogen-bond acceptors (Lipinski definition) is 4. The van der Waals surface area contributed by atoms with Gasteiger partial charge in [-0.25, -0.2) is 0 Å². The zero-order valence-electron chi connectivity index (χ0n) is 12.3. The number of aryl methyl sites for hydroxylation is 1. The maximum Gasteiger partial charge on any atom is 0.325 e. The Kier molecular flexibility index (Phi) is 4.16. The molecule has 1 heterocycles. The number of aromatic nitrogens is 1. The number of benzene rings is 1. The number of nitrogens with one attached hydrogen (secondary N) is 1. The molecule has 2 aromatic rings. The molecule has 1 aromatic heterocycles. The van der Waals surface area contributed by atoms with E-state index in [1.165, 1.54) is 13.1 Å². The third-order valence-corrected chi connectivity index (χ3v) is 3.44. The highest BCUT2D eigenvalue weighted by atomic mass is 16.4. The predicted octanol–water partition coefficient (Wildman–Crippen LogP) is 0.806. The van der Waals surface area contributed by atoms with Gasteiger partial charge in [0, 0.05) is 18.4 Å². The van der Waals surface area contributed by atoms with Crippen molar-refractivity contribution in [2.45, 2.75) is 26.4 Å². The summed E-state index contributed by atoms with van der Waals surface area (Å²) in [7, 11) is 0. The number of nitrogens with zero attached hydrogens (tertiary/aromatic N) is 1. The lowest BCUT2D eigenvalue weighted by Gasteiger charge is -2.14. The largest absolute Gasteiger partial charge is 0.480 e. The van der Waals surface area contributed by atoms with E-state index < -0.39 is 23.3 Å². The molecule has 0 spiro atoms. The fourth-order valence-corrected chi connectivity index (χ4v) is 2.22. The molecule has 7 nitrogen and oxygen atoms in total. The Morgan fingerprint density at radius 1 is 1.41 bits per heavy atom. The molecule has 116 valence electrons. The maximum absolute atomic E-state index is 12.5. The highest BCUT2D eigenvalue weighted by molar-refractivity contribution is 6.01. The molecule has 0 fully saturated rings. The smallest absolute Gasteiger partial charge is 0.325 e. The van der Waals surface area contributed by atoms with Crippen LogP contribution in [0.1, 0.15) is 24.2 Å². The molecule has 1 atom stereocenters. The minimum atomic E-state index is -1.18. The Bertz CT molecular complexity index is 810. The van der Waals surface area contributed by atoms with Crippen LogP contribution in [0.4, 0.5) is 5.69 Å². The molecule has 22 heavy (non-hydrogen) atoms. The standard InChI is InChI=1S/C15H17N3O4/c1-3-18-7-9(14(20)17-8(2)15(21)22)13(19)12-10(16)5-4-6-11(12)18/h4-8H,3,16H2,1-2H3,(H,17,20)(H,21,22). The van der Waals surface area contributed by atoms with E-state index in [1.54, 1.807) is 22.8 Å². The summed E-state index contributed by atoms with van der Waals surface area (Å²) in [5.74, 6) is -1.91. The summed E-state index contributed by atoms with van der Waals surface area (Å²) >= 11 is 0. The van der Waals surface area contributed by atoms with Gasteiger partial charge in [-0.3, -0.25) is 14.4 Å². The quantitative estimate of drug-likeness (QED) is 0.723. The summed E-state index contributed by atoms with van der Waals surface area (Å²) in [5, 5.41) is 11.4. The molecule has 0 saturated carbocycles. The molecular formula is C15H17N3O4. The van der Waals surface area contributed by atoms with Crippen molar-refractivity contribution < 1.29 is 14.7 Å². The van der Waals surface area contributed by atoms with Crippen molar-refractivity contribution in [1.29, 1.82) is 0 Å². The van der Waals surface area contributed by atoms with Crippen LogP contribution in [0.2, 0.25) is 0 Å². The zero-order chi connectivity index (χ0) is 16.4. The topological polar surface area (TPSA) is 114 Å². The number of rotatable bonds is 4. The van der Waals surface area contributed by atoms with Crippen molar-refractivity contribution in [1.82, 2.24) is 9.88 Å². The summed E-state index contributed by atoms with van der Waals surface area (Å²) < 4.78 is 1.73. The van der Waals surface area contributed by atoms with Crippen molar-refractivity contribution in [3.63, 3.8) is 0 Å². The van der Waals surface area contributed by atoms with Gasteiger partial charge in [0.2, 0.25) is 5.43 Å². The van der Waals surface area contributed by atoms with Crippen LogP contribution < -0.4 is 16.5 Å². The summed E-state index contributed by atoms with van der Waals surface area (Å²) in [6.45, 7) is 3.73. The number of carbonyl (C=O) groups is 2. The number of pyridine rings is 1. The molecule has 0 aliphatic carbocycles. The van der Waals surface area contributed by atoms with Crippen LogP contribution in [0.15, 0.2) is 29.2 Å². The minimum Gasteiger partial charge on any atom is -0.480 e. The first kappa shape index (κ1) is 15.6. The molecule has 1 aromatic carbocycles. The second-order valence-corrected chi connectivity index (χ2v) is 4.93. The van der Waals surface area contributed by atoms with E-state index in [9.17, 15) is 14.4 Å². The first-order valence-electron chi connectivity index (χ1n) is 6.82. The molecule has 4 N–H and O–H groups in total. The van der Waals surface area contributed by atoms with E-state index in [4.69, 9.17) is 10.8 Å². The van der Waals surface area contributed by atoms with Crippen molar-refractivity contribution in [2.24, 2.45) is 0 Å². The molecule has 7 heteroatoms. The minimum absolute atomic E-state index is 0.125. The summed E-state index contributed by atoms with van der Waals surface area (Å²) in [4.78, 5) is 35.5. The van der Waals surface area contributed by atoms with Crippen LogP contribution in [0.5, 0.6) is 0 Å². The number of carbonyl (C=O) groups excluding carboxylic acids is 1. The Hall–Kier alpha value is -2.83. The number of carboxylic acid groups (broad SMARTS) is 1. The van der Waals surface area contributed by atoms with Crippen molar-refractivity contribution in [3.05, 3.63) is 40.2 Å². The van der Waals surface area contributed by atoms with Crippen LogP contribution in [-0.2, 0) is 11.3 Å². The Labute approximate surface area is 126 Å². The van der Waals surface area contributed by atoms with E-state index in [0.29, 0.717) is 12.1 Å². The summed E-state index contributed by atoms with van der Waals surface area (Å²) in [5.41, 5.74) is 6.15. The number of fused-ring (bicyclic) bond motifs is 1. The first-order chi connectivity index (χ1) is 10.4. The van der Waals surface area contributed by atoms with E-state index in [1.807, 2.05) is 6.92 Å². The molecule has 0 aliphatic heterocycles. The van der Waals surface area contributed by atoms with Crippen LogP contribution >= 0.6 is 0 Å².